The van der Waals surface area contributed by atoms with Crippen molar-refractivity contribution in [2.24, 2.45) is 11.7 Å². The number of pyridine rings is 1. The molecule has 0 radical (unpaired) electrons. The zero-order valence-corrected chi connectivity index (χ0v) is 9.33. The van der Waals surface area contributed by atoms with Gasteiger partial charge in [0.25, 0.3) is 0 Å². The predicted molar refractivity (Wildman–Crippen MR) is 60.0 cm³/mol. The Morgan fingerprint density at radius 1 is 1.50 bits per heavy atom. The predicted octanol–water partition coefficient (Wildman–Crippen LogP) is 2.83. The molecule has 0 saturated carbocycles. The minimum Gasteiger partial charge on any atom is -0.324 e. The number of rotatable bonds is 4. The maximum absolute atomic E-state index is 6.20. The van der Waals surface area contributed by atoms with Crippen molar-refractivity contribution < 1.29 is 0 Å². The molecule has 1 aromatic heterocycles. The molecule has 0 fully saturated rings. The fraction of sp³-hybridized carbons (Fsp3) is 0.583. The van der Waals surface area contributed by atoms with Gasteiger partial charge in [-0.05, 0) is 36.5 Å². The quantitative estimate of drug-likeness (QED) is 0.796. The molecular weight excluding hydrogens is 172 g/mol. The van der Waals surface area contributed by atoms with E-state index >= 15 is 0 Å². The Balaban J connectivity index is 2.78. The summed E-state index contributed by atoms with van der Waals surface area (Å²) in [6, 6.07) is 2.18. The Hall–Kier alpha value is -0.890. The third-order valence-electron chi connectivity index (χ3n) is 2.78. The summed E-state index contributed by atoms with van der Waals surface area (Å²) in [5.74, 6) is 0.543. The van der Waals surface area contributed by atoms with Crippen LogP contribution in [0.1, 0.15) is 43.9 Å². The van der Waals surface area contributed by atoms with E-state index in [1.807, 2.05) is 18.5 Å². The molecular formula is C12H20N2. The van der Waals surface area contributed by atoms with Crippen LogP contribution < -0.4 is 5.73 Å². The zero-order chi connectivity index (χ0) is 10.6. The van der Waals surface area contributed by atoms with Crippen LogP contribution in [0.5, 0.6) is 0 Å². The molecule has 1 rings (SSSR count). The second-order valence-corrected chi connectivity index (χ2v) is 4.02. The van der Waals surface area contributed by atoms with Gasteiger partial charge in [0.05, 0.1) is 0 Å². The molecule has 2 atom stereocenters. The second-order valence-electron chi connectivity index (χ2n) is 4.02. The lowest BCUT2D eigenvalue weighted by Gasteiger charge is -2.21. The van der Waals surface area contributed by atoms with Crippen LogP contribution in [0.4, 0.5) is 0 Å². The molecule has 2 unspecified atom stereocenters. The van der Waals surface area contributed by atoms with Gasteiger partial charge in [-0.3, -0.25) is 4.98 Å². The third kappa shape index (κ3) is 2.55. The first kappa shape index (κ1) is 11.2. The first-order valence-corrected chi connectivity index (χ1v) is 5.33. The van der Waals surface area contributed by atoms with Crippen molar-refractivity contribution in [1.29, 1.82) is 0 Å². The van der Waals surface area contributed by atoms with Gasteiger partial charge in [-0.15, -0.1) is 0 Å². The third-order valence-corrected chi connectivity index (χ3v) is 2.78. The summed E-state index contributed by atoms with van der Waals surface area (Å²) in [4.78, 5) is 4.08. The highest BCUT2D eigenvalue weighted by Crippen LogP contribution is 2.24. The molecule has 0 aliphatic rings. The molecule has 0 aliphatic carbocycles. The number of aromatic nitrogens is 1. The van der Waals surface area contributed by atoms with Gasteiger partial charge in [-0.25, -0.2) is 0 Å². The molecule has 0 amide bonds. The maximum atomic E-state index is 6.20. The van der Waals surface area contributed by atoms with E-state index in [0.717, 1.165) is 0 Å². The monoisotopic (exact) mass is 192 g/mol. The summed E-state index contributed by atoms with van der Waals surface area (Å²) in [5, 5.41) is 0. The van der Waals surface area contributed by atoms with Crippen molar-refractivity contribution in [2.45, 2.75) is 39.7 Å². The molecule has 1 aromatic rings. The average Bonchev–Trinajstić information content (AvgIpc) is 2.18. The standard InChI is InChI=1S/C12H20N2/c1-4-5-9(2)12(13)11-6-7-14-8-10(11)3/h6-9,12H,4-5,13H2,1-3H3. The average molecular weight is 192 g/mol. The Labute approximate surface area is 86.5 Å². The summed E-state index contributed by atoms with van der Waals surface area (Å²) in [6.45, 7) is 6.48. The lowest BCUT2D eigenvalue weighted by atomic mass is 9.90. The molecule has 2 heteroatoms. The van der Waals surface area contributed by atoms with E-state index < -0.39 is 0 Å². The smallest absolute Gasteiger partial charge is 0.0324 e. The van der Waals surface area contributed by atoms with E-state index in [1.54, 1.807) is 0 Å². The number of nitrogens with two attached hydrogens (primary N) is 1. The van der Waals surface area contributed by atoms with Gasteiger partial charge in [0.2, 0.25) is 0 Å². The fourth-order valence-corrected chi connectivity index (χ4v) is 1.80. The first-order chi connectivity index (χ1) is 6.66. The van der Waals surface area contributed by atoms with Gasteiger partial charge in [0, 0.05) is 18.4 Å². The molecule has 1 heterocycles. The molecule has 0 aliphatic heterocycles. The SMILES string of the molecule is CCCC(C)C(N)c1ccncc1C. The minimum atomic E-state index is 0.151. The molecule has 0 aromatic carbocycles. The number of hydrogen-bond donors (Lipinski definition) is 1. The molecule has 78 valence electrons. The summed E-state index contributed by atoms with van der Waals surface area (Å²) < 4.78 is 0. The van der Waals surface area contributed by atoms with Crippen LogP contribution in [0, 0.1) is 12.8 Å². The van der Waals surface area contributed by atoms with Crippen LogP contribution in [0.25, 0.3) is 0 Å². The van der Waals surface area contributed by atoms with Crippen molar-refractivity contribution in [3.05, 3.63) is 29.6 Å². The fourth-order valence-electron chi connectivity index (χ4n) is 1.80. The Morgan fingerprint density at radius 3 is 2.79 bits per heavy atom. The van der Waals surface area contributed by atoms with Crippen LogP contribution in [0.3, 0.4) is 0 Å². The van der Waals surface area contributed by atoms with Gasteiger partial charge in [-0.1, -0.05) is 20.3 Å². The van der Waals surface area contributed by atoms with Crippen LogP contribution in [0.2, 0.25) is 0 Å². The van der Waals surface area contributed by atoms with Crippen molar-refractivity contribution in [3.8, 4) is 0 Å². The van der Waals surface area contributed by atoms with Crippen LogP contribution in [0.15, 0.2) is 18.5 Å². The lowest BCUT2D eigenvalue weighted by molar-refractivity contribution is 0.432. The topological polar surface area (TPSA) is 38.9 Å². The number of aryl methyl sites for hydroxylation is 1. The van der Waals surface area contributed by atoms with Crippen LogP contribution in [-0.2, 0) is 0 Å². The maximum Gasteiger partial charge on any atom is 0.0324 e. The molecule has 14 heavy (non-hydrogen) atoms. The highest BCUT2D eigenvalue weighted by molar-refractivity contribution is 5.25. The van der Waals surface area contributed by atoms with E-state index in [9.17, 15) is 0 Å². The Morgan fingerprint density at radius 2 is 2.21 bits per heavy atom. The van der Waals surface area contributed by atoms with Gasteiger partial charge in [0.15, 0.2) is 0 Å². The van der Waals surface area contributed by atoms with Crippen molar-refractivity contribution in [1.82, 2.24) is 4.98 Å². The summed E-state index contributed by atoms with van der Waals surface area (Å²) in [6.07, 6.45) is 6.08. The number of nitrogens with zero attached hydrogens (tertiary/aromatic N) is 1. The summed E-state index contributed by atoms with van der Waals surface area (Å²) in [5.41, 5.74) is 8.63. The summed E-state index contributed by atoms with van der Waals surface area (Å²) in [7, 11) is 0. The highest BCUT2D eigenvalue weighted by atomic mass is 14.7. The van der Waals surface area contributed by atoms with Gasteiger partial charge >= 0.3 is 0 Å². The van der Waals surface area contributed by atoms with Crippen molar-refractivity contribution in [2.75, 3.05) is 0 Å². The van der Waals surface area contributed by atoms with Crippen LogP contribution >= 0.6 is 0 Å². The van der Waals surface area contributed by atoms with E-state index in [4.69, 9.17) is 5.73 Å². The highest BCUT2D eigenvalue weighted by Gasteiger charge is 2.15. The van der Waals surface area contributed by atoms with Crippen molar-refractivity contribution in [3.63, 3.8) is 0 Å². The second kappa shape index (κ2) is 5.11. The van der Waals surface area contributed by atoms with Crippen LogP contribution in [-0.4, -0.2) is 4.98 Å². The molecule has 2 N–H and O–H groups in total. The summed E-state index contributed by atoms with van der Waals surface area (Å²) >= 11 is 0. The van der Waals surface area contributed by atoms with Crippen molar-refractivity contribution >= 4 is 0 Å². The van der Waals surface area contributed by atoms with E-state index in [2.05, 4.69) is 25.8 Å². The number of hydrogen-bond acceptors (Lipinski definition) is 2. The van der Waals surface area contributed by atoms with E-state index in [1.165, 1.54) is 24.0 Å². The van der Waals surface area contributed by atoms with E-state index in [0.29, 0.717) is 5.92 Å². The van der Waals surface area contributed by atoms with Gasteiger partial charge in [-0.2, -0.15) is 0 Å². The Bertz CT molecular complexity index is 283. The zero-order valence-electron chi connectivity index (χ0n) is 9.33. The largest absolute Gasteiger partial charge is 0.324 e. The Kier molecular flexibility index (Phi) is 4.08. The molecule has 0 saturated heterocycles. The molecule has 2 nitrogen and oxygen atoms in total. The van der Waals surface area contributed by atoms with E-state index in [-0.39, 0.29) is 6.04 Å². The minimum absolute atomic E-state index is 0.151. The first-order valence-electron chi connectivity index (χ1n) is 5.33. The van der Waals surface area contributed by atoms with Gasteiger partial charge in [0.1, 0.15) is 0 Å². The normalized spacial score (nSPS) is 15.1. The van der Waals surface area contributed by atoms with Gasteiger partial charge < -0.3 is 5.73 Å². The lowest BCUT2D eigenvalue weighted by Crippen LogP contribution is -2.20. The molecule has 0 bridgehead atoms. The molecule has 0 spiro atoms.